The van der Waals surface area contributed by atoms with Crippen LogP contribution in [0, 0.1) is 6.92 Å². The van der Waals surface area contributed by atoms with Gasteiger partial charge in [-0.25, -0.2) is 0 Å². The molecule has 2 fully saturated rings. The lowest BCUT2D eigenvalue weighted by atomic mass is 9.90. The minimum atomic E-state index is -0.672. The van der Waals surface area contributed by atoms with Crippen molar-refractivity contribution in [2.24, 2.45) is 0 Å². The van der Waals surface area contributed by atoms with E-state index in [0.29, 0.717) is 18.9 Å². The Morgan fingerprint density at radius 3 is 2.95 bits per heavy atom. The van der Waals surface area contributed by atoms with E-state index in [2.05, 4.69) is 10.5 Å². The molecule has 1 aromatic rings. The van der Waals surface area contributed by atoms with Crippen LogP contribution in [0.25, 0.3) is 0 Å². The zero-order valence-electron chi connectivity index (χ0n) is 12.0. The Morgan fingerprint density at radius 1 is 1.38 bits per heavy atom. The second kappa shape index (κ2) is 5.85. The van der Waals surface area contributed by atoms with Gasteiger partial charge in [0.2, 0.25) is 0 Å². The van der Waals surface area contributed by atoms with Crippen LogP contribution in [0.2, 0.25) is 0 Å². The van der Waals surface area contributed by atoms with Crippen LogP contribution in [-0.2, 0) is 14.3 Å². The number of amides is 2. The molecule has 1 N–H and O–H groups in total. The molecule has 0 radical (unpaired) electrons. The number of carbonyl (C=O) groups excluding carboxylic acids is 2. The van der Waals surface area contributed by atoms with Gasteiger partial charge in [0, 0.05) is 12.6 Å². The van der Waals surface area contributed by atoms with Gasteiger partial charge in [-0.3, -0.25) is 14.9 Å². The van der Waals surface area contributed by atoms with Gasteiger partial charge in [0.05, 0.1) is 18.8 Å². The van der Waals surface area contributed by atoms with Gasteiger partial charge in [0.25, 0.3) is 0 Å². The second-order valence-corrected chi connectivity index (χ2v) is 5.54. The lowest BCUT2D eigenvalue weighted by molar-refractivity contribution is -0.156. The molecule has 2 heterocycles. The fourth-order valence-electron chi connectivity index (χ4n) is 3.07. The van der Waals surface area contributed by atoms with Crippen LogP contribution in [-0.4, -0.2) is 47.2 Å². The summed E-state index contributed by atoms with van der Waals surface area (Å²) < 4.78 is 10.6. The molecule has 1 aromatic heterocycles. The predicted octanol–water partition coefficient (Wildman–Crippen LogP) is 1.09. The molecular formula is C14H19N3O4. The highest BCUT2D eigenvalue weighted by Gasteiger charge is 2.38. The van der Waals surface area contributed by atoms with E-state index >= 15 is 0 Å². The fourth-order valence-corrected chi connectivity index (χ4v) is 3.07. The number of carbonyl (C=O) groups is 2. The number of aromatic nitrogens is 1. The number of hydrogen-bond acceptors (Lipinski definition) is 5. The van der Waals surface area contributed by atoms with Gasteiger partial charge < -0.3 is 14.2 Å². The van der Waals surface area contributed by atoms with Crippen molar-refractivity contribution in [3.05, 3.63) is 11.8 Å². The summed E-state index contributed by atoms with van der Waals surface area (Å²) in [6.07, 6.45) is 4.11. The SMILES string of the molecule is Cc1cc(NC(=O)C(=O)N2CCOC3CCCCC32)no1. The van der Waals surface area contributed by atoms with Crippen molar-refractivity contribution in [3.8, 4) is 0 Å². The summed E-state index contributed by atoms with van der Waals surface area (Å²) in [7, 11) is 0. The summed E-state index contributed by atoms with van der Waals surface area (Å²) in [5.74, 6) is -0.346. The van der Waals surface area contributed by atoms with Gasteiger partial charge in [0.15, 0.2) is 5.82 Å². The fraction of sp³-hybridized carbons (Fsp3) is 0.643. The van der Waals surface area contributed by atoms with E-state index in [0.717, 1.165) is 25.7 Å². The van der Waals surface area contributed by atoms with Crippen LogP contribution in [0.3, 0.4) is 0 Å². The molecule has 3 rings (SSSR count). The Balaban J connectivity index is 1.67. The maximum atomic E-state index is 12.4. The number of anilines is 1. The number of hydrogen-bond donors (Lipinski definition) is 1. The van der Waals surface area contributed by atoms with Crippen LogP contribution in [0.15, 0.2) is 10.6 Å². The predicted molar refractivity (Wildman–Crippen MR) is 73.6 cm³/mol. The number of nitrogens with zero attached hydrogens (tertiary/aromatic N) is 2. The average molecular weight is 293 g/mol. The lowest BCUT2D eigenvalue weighted by Gasteiger charge is -2.43. The first-order chi connectivity index (χ1) is 10.1. The number of ether oxygens (including phenoxy) is 1. The number of rotatable bonds is 1. The van der Waals surface area contributed by atoms with Crippen molar-refractivity contribution in [2.75, 3.05) is 18.5 Å². The summed E-state index contributed by atoms with van der Waals surface area (Å²) in [5.41, 5.74) is 0. The Morgan fingerprint density at radius 2 is 2.19 bits per heavy atom. The molecule has 1 aliphatic heterocycles. The lowest BCUT2D eigenvalue weighted by Crippen LogP contribution is -2.57. The van der Waals surface area contributed by atoms with Gasteiger partial charge in [0.1, 0.15) is 5.76 Å². The van der Waals surface area contributed by atoms with E-state index < -0.39 is 11.8 Å². The zero-order valence-corrected chi connectivity index (χ0v) is 12.0. The average Bonchev–Trinajstić information content (AvgIpc) is 2.91. The highest BCUT2D eigenvalue weighted by atomic mass is 16.5. The molecule has 2 atom stereocenters. The third-order valence-corrected chi connectivity index (χ3v) is 4.06. The van der Waals surface area contributed by atoms with Gasteiger partial charge in [-0.05, 0) is 19.8 Å². The van der Waals surface area contributed by atoms with E-state index in [4.69, 9.17) is 9.26 Å². The molecule has 0 bridgehead atoms. The molecule has 1 aliphatic carbocycles. The normalized spacial score (nSPS) is 25.3. The highest BCUT2D eigenvalue weighted by molar-refractivity contribution is 6.39. The minimum absolute atomic E-state index is 0.0183. The Hall–Kier alpha value is -1.89. The van der Waals surface area contributed by atoms with E-state index in [1.165, 1.54) is 0 Å². The van der Waals surface area contributed by atoms with Crippen molar-refractivity contribution in [1.29, 1.82) is 0 Å². The van der Waals surface area contributed by atoms with E-state index in [1.807, 2.05) is 0 Å². The number of aryl methyl sites for hydroxylation is 1. The van der Waals surface area contributed by atoms with Crippen molar-refractivity contribution < 1.29 is 18.8 Å². The topological polar surface area (TPSA) is 84.7 Å². The third-order valence-electron chi connectivity index (χ3n) is 4.06. The first kappa shape index (κ1) is 14.1. The molecule has 21 heavy (non-hydrogen) atoms. The third kappa shape index (κ3) is 2.92. The number of morpholine rings is 1. The summed E-state index contributed by atoms with van der Waals surface area (Å²) >= 11 is 0. The smallest absolute Gasteiger partial charge is 0.315 e. The van der Waals surface area contributed by atoms with E-state index in [9.17, 15) is 9.59 Å². The van der Waals surface area contributed by atoms with Crippen LogP contribution in [0.1, 0.15) is 31.4 Å². The molecular weight excluding hydrogens is 274 g/mol. The molecule has 2 aliphatic rings. The maximum absolute atomic E-state index is 12.4. The second-order valence-electron chi connectivity index (χ2n) is 5.54. The molecule has 2 amide bonds. The number of fused-ring (bicyclic) bond motifs is 1. The number of nitrogens with one attached hydrogen (secondary N) is 1. The molecule has 114 valence electrons. The van der Waals surface area contributed by atoms with Gasteiger partial charge in [-0.1, -0.05) is 18.0 Å². The van der Waals surface area contributed by atoms with Crippen LogP contribution in [0.5, 0.6) is 0 Å². The van der Waals surface area contributed by atoms with Gasteiger partial charge >= 0.3 is 11.8 Å². The molecule has 7 nitrogen and oxygen atoms in total. The molecule has 7 heteroatoms. The highest BCUT2D eigenvalue weighted by Crippen LogP contribution is 2.28. The largest absolute Gasteiger partial charge is 0.374 e. The van der Waals surface area contributed by atoms with Crippen molar-refractivity contribution in [1.82, 2.24) is 10.1 Å². The summed E-state index contributed by atoms with van der Waals surface area (Å²) in [6, 6.07) is 1.60. The Kier molecular flexibility index (Phi) is 3.92. The van der Waals surface area contributed by atoms with Crippen LogP contribution < -0.4 is 5.32 Å². The van der Waals surface area contributed by atoms with E-state index in [1.54, 1.807) is 17.9 Å². The van der Waals surface area contributed by atoms with E-state index in [-0.39, 0.29) is 18.0 Å². The summed E-state index contributed by atoms with van der Waals surface area (Å²) in [4.78, 5) is 26.1. The zero-order chi connectivity index (χ0) is 14.8. The minimum Gasteiger partial charge on any atom is -0.374 e. The summed E-state index contributed by atoms with van der Waals surface area (Å²) in [6.45, 7) is 2.67. The van der Waals surface area contributed by atoms with Crippen molar-refractivity contribution >= 4 is 17.6 Å². The molecule has 1 saturated carbocycles. The van der Waals surface area contributed by atoms with Crippen molar-refractivity contribution in [2.45, 2.75) is 44.8 Å². The molecule has 0 aromatic carbocycles. The Bertz CT molecular complexity index is 540. The van der Waals surface area contributed by atoms with Crippen LogP contribution >= 0.6 is 0 Å². The van der Waals surface area contributed by atoms with Gasteiger partial charge in [-0.15, -0.1) is 0 Å². The molecule has 2 unspecified atom stereocenters. The molecule has 0 spiro atoms. The first-order valence-electron chi connectivity index (χ1n) is 7.32. The van der Waals surface area contributed by atoms with Crippen LogP contribution in [0.4, 0.5) is 5.82 Å². The quantitative estimate of drug-likeness (QED) is 0.784. The monoisotopic (exact) mass is 293 g/mol. The first-order valence-corrected chi connectivity index (χ1v) is 7.32. The Labute approximate surface area is 122 Å². The standard InChI is InChI=1S/C14H19N3O4/c1-9-8-12(16-21-9)15-13(18)14(19)17-6-7-20-11-5-3-2-4-10(11)17/h8,10-11H,2-7H2,1H3,(H,15,16,18). The van der Waals surface area contributed by atoms with Crippen molar-refractivity contribution in [3.63, 3.8) is 0 Å². The maximum Gasteiger partial charge on any atom is 0.315 e. The summed E-state index contributed by atoms with van der Waals surface area (Å²) in [5, 5.41) is 6.14. The molecule has 1 saturated heterocycles. The van der Waals surface area contributed by atoms with Gasteiger partial charge in [-0.2, -0.15) is 0 Å².